The maximum absolute atomic E-state index is 11.6. The van der Waals surface area contributed by atoms with Gasteiger partial charge in [0.25, 0.3) is 5.91 Å². The summed E-state index contributed by atoms with van der Waals surface area (Å²) in [4.78, 5) is 16.9. The summed E-state index contributed by atoms with van der Waals surface area (Å²) >= 11 is 0. The molecule has 1 saturated carbocycles. The normalized spacial score (nSPS) is 15.8. The van der Waals surface area contributed by atoms with Gasteiger partial charge in [0.15, 0.2) is 0 Å². The van der Waals surface area contributed by atoms with Gasteiger partial charge in [0.1, 0.15) is 5.75 Å². The number of carbonyl (C=O) groups excluding carboxylic acids is 1. The molecule has 0 heterocycles. The summed E-state index contributed by atoms with van der Waals surface area (Å²) in [6.45, 7) is 0. The fourth-order valence-corrected chi connectivity index (χ4v) is 2.15. The van der Waals surface area contributed by atoms with Crippen molar-refractivity contribution in [2.45, 2.75) is 31.8 Å². The van der Waals surface area contributed by atoms with Crippen LogP contribution in [0.2, 0.25) is 0 Å². The summed E-state index contributed by atoms with van der Waals surface area (Å²) in [5.74, 6) is 0.487. The second-order valence-corrected chi connectivity index (χ2v) is 4.57. The van der Waals surface area contributed by atoms with Crippen molar-refractivity contribution >= 4 is 12.0 Å². The van der Waals surface area contributed by atoms with E-state index in [4.69, 9.17) is 9.57 Å². The molecule has 1 aromatic rings. The summed E-state index contributed by atoms with van der Waals surface area (Å²) in [7, 11) is 1.61. The van der Waals surface area contributed by atoms with Crippen molar-refractivity contribution in [2.24, 2.45) is 0 Å². The number of methoxy groups -OCH3 is 1. The minimum atomic E-state index is -0.252. The molecule has 0 saturated heterocycles. The molecule has 1 aliphatic rings. The highest BCUT2D eigenvalue weighted by Crippen LogP contribution is 2.20. The fourth-order valence-electron chi connectivity index (χ4n) is 2.15. The number of carbonyl (C=O) groups is 1. The van der Waals surface area contributed by atoms with Gasteiger partial charge < -0.3 is 4.74 Å². The van der Waals surface area contributed by atoms with Crippen molar-refractivity contribution in [3.63, 3.8) is 0 Å². The van der Waals surface area contributed by atoms with Gasteiger partial charge in [0.2, 0.25) is 0 Å². The van der Waals surface area contributed by atoms with Gasteiger partial charge in [0.05, 0.1) is 13.2 Å². The Morgan fingerprint density at radius 1 is 1.32 bits per heavy atom. The number of hydroxylamine groups is 1. The Labute approximate surface area is 113 Å². The lowest BCUT2D eigenvalue weighted by molar-refractivity contribution is -0.132. The average Bonchev–Trinajstić information content (AvgIpc) is 2.96. The summed E-state index contributed by atoms with van der Waals surface area (Å²) in [5.41, 5.74) is 3.33. The van der Waals surface area contributed by atoms with Crippen molar-refractivity contribution in [1.82, 2.24) is 5.48 Å². The zero-order chi connectivity index (χ0) is 13.5. The smallest absolute Gasteiger partial charge is 0.267 e. The van der Waals surface area contributed by atoms with E-state index in [1.165, 1.54) is 18.9 Å². The highest BCUT2D eigenvalue weighted by Gasteiger charge is 2.16. The quantitative estimate of drug-likeness (QED) is 0.655. The van der Waals surface area contributed by atoms with Crippen molar-refractivity contribution in [1.29, 1.82) is 0 Å². The first-order chi connectivity index (χ1) is 9.29. The number of rotatable bonds is 5. The van der Waals surface area contributed by atoms with Crippen molar-refractivity contribution < 1.29 is 14.4 Å². The summed E-state index contributed by atoms with van der Waals surface area (Å²) in [6.07, 6.45) is 7.74. The fraction of sp³-hybridized carbons (Fsp3) is 0.400. The highest BCUT2D eigenvalue weighted by atomic mass is 16.7. The predicted octanol–water partition coefficient (Wildman–Crippen LogP) is 2.70. The predicted molar refractivity (Wildman–Crippen MR) is 73.5 cm³/mol. The van der Waals surface area contributed by atoms with Crippen LogP contribution in [-0.4, -0.2) is 19.1 Å². The van der Waals surface area contributed by atoms with E-state index in [-0.39, 0.29) is 12.0 Å². The van der Waals surface area contributed by atoms with Gasteiger partial charge >= 0.3 is 0 Å². The van der Waals surface area contributed by atoms with Crippen LogP contribution in [0, 0.1) is 0 Å². The third-order valence-electron chi connectivity index (χ3n) is 3.18. The minimum Gasteiger partial charge on any atom is -0.496 e. The molecule has 1 aromatic carbocycles. The molecule has 0 bridgehead atoms. The van der Waals surface area contributed by atoms with Crippen LogP contribution < -0.4 is 10.2 Å². The van der Waals surface area contributed by atoms with Crippen LogP contribution in [0.25, 0.3) is 6.08 Å². The van der Waals surface area contributed by atoms with Crippen LogP contribution >= 0.6 is 0 Å². The van der Waals surface area contributed by atoms with E-state index in [0.717, 1.165) is 24.2 Å². The maximum atomic E-state index is 11.6. The van der Waals surface area contributed by atoms with Gasteiger partial charge in [-0.3, -0.25) is 9.63 Å². The van der Waals surface area contributed by atoms with Gasteiger partial charge in [-0.2, -0.15) is 0 Å². The number of nitrogens with one attached hydrogen (secondary N) is 1. The van der Waals surface area contributed by atoms with E-state index in [1.807, 2.05) is 24.3 Å². The summed E-state index contributed by atoms with van der Waals surface area (Å²) < 4.78 is 5.20. The summed E-state index contributed by atoms with van der Waals surface area (Å²) in [6, 6.07) is 7.53. The van der Waals surface area contributed by atoms with E-state index < -0.39 is 0 Å². The Balaban J connectivity index is 1.85. The molecule has 102 valence electrons. The molecule has 1 fully saturated rings. The Morgan fingerprint density at radius 2 is 2.05 bits per heavy atom. The number of benzene rings is 1. The molecule has 1 amide bonds. The van der Waals surface area contributed by atoms with Crippen LogP contribution in [0.1, 0.15) is 31.2 Å². The molecule has 1 N–H and O–H groups in total. The lowest BCUT2D eigenvalue weighted by atomic mass is 10.2. The monoisotopic (exact) mass is 261 g/mol. The maximum Gasteiger partial charge on any atom is 0.267 e. The summed E-state index contributed by atoms with van der Waals surface area (Å²) in [5, 5.41) is 0. The second kappa shape index (κ2) is 6.95. The number of hydrogen-bond acceptors (Lipinski definition) is 3. The first kappa shape index (κ1) is 13.6. The van der Waals surface area contributed by atoms with Gasteiger partial charge in [0, 0.05) is 11.6 Å². The molecule has 0 aliphatic heterocycles. The van der Waals surface area contributed by atoms with Gasteiger partial charge in [-0.1, -0.05) is 31.0 Å². The Morgan fingerprint density at radius 3 is 2.79 bits per heavy atom. The molecule has 2 rings (SSSR count). The Bertz CT molecular complexity index is 450. The molecule has 4 heteroatoms. The minimum absolute atomic E-state index is 0.170. The third-order valence-corrected chi connectivity index (χ3v) is 3.18. The Hall–Kier alpha value is -1.81. The van der Waals surface area contributed by atoms with Crippen LogP contribution in [-0.2, 0) is 9.63 Å². The third kappa shape index (κ3) is 4.10. The number of amides is 1. The first-order valence-electron chi connectivity index (χ1n) is 6.56. The molecule has 4 nitrogen and oxygen atoms in total. The van der Waals surface area contributed by atoms with Crippen LogP contribution in [0.4, 0.5) is 0 Å². The van der Waals surface area contributed by atoms with Crippen LogP contribution in [0.3, 0.4) is 0 Å². The molecule has 0 radical (unpaired) electrons. The average molecular weight is 261 g/mol. The molecular weight excluding hydrogens is 242 g/mol. The van der Waals surface area contributed by atoms with E-state index in [1.54, 1.807) is 13.2 Å². The lowest BCUT2D eigenvalue weighted by Gasteiger charge is -2.09. The van der Waals surface area contributed by atoms with Gasteiger partial charge in [-0.25, -0.2) is 5.48 Å². The Kier molecular flexibility index (Phi) is 4.98. The topological polar surface area (TPSA) is 47.6 Å². The lowest BCUT2D eigenvalue weighted by Crippen LogP contribution is -2.26. The van der Waals surface area contributed by atoms with Crippen molar-refractivity contribution in [2.75, 3.05) is 7.11 Å². The van der Waals surface area contributed by atoms with E-state index in [2.05, 4.69) is 5.48 Å². The highest BCUT2D eigenvalue weighted by molar-refractivity contribution is 5.91. The molecule has 1 aliphatic carbocycles. The van der Waals surface area contributed by atoms with E-state index >= 15 is 0 Å². The van der Waals surface area contributed by atoms with E-state index in [0.29, 0.717) is 0 Å². The second-order valence-electron chi connectivity index (χ2n) is 4.57. The molecule has 19 heavy (non-hydrogen) atoms. The molecule has 0 aromatic heterocycles. The van der Waals surface area contributed by atoms with Crippen LogP contribution in [0.15, 0.2) is 30.3 Å². The molecule has 0 spiro atoms. The van der Waals surface area contributed by atoms with Crippen molar-refractivity contribution in [3.05, 3.63) is 35.9 Å². The van der Waals surface area contributed by atoms with Crippen molar-refractivity contribution in [3.8, 4) is 5.75 Å². The van der Waals surface area contributed by atoms with E-state index in [9.17, 15) is 4.79 Å². The van der Waals surface area contributed by atoms with Gasteiger partial charge in [-0.15, -0.1) is 0 Å². The molecule has 0 atom stereocenters. The zero-order valence-corrected chi connectivity index (χ0v) is 11.1. The largest absolute Gasteiger partial charge is 0.496 e. The number of hydrogen-bond donors (Lipinski definition) is 1. The SMILES string of the molecule is COc1ccccc1/C=C/C(=O)NOC1CCCC1. The molecule has 0 unspecified atom stereocenters. The number of ether oxygens (including phenoxy) is 1. The standard InChI is InChI=1S/C15H19NO3/c1-18-14-9-5-2-6-12(14)10-11-15(17)16-19-13-7-3-4-8-13/h2,5-6,9-11,13H,3-4,7-8H2,1H3,(H,16,17)/b11-10+. The van der Waals surface area contributed by atoms with Crippen LogP contribution in [0.5, 0.6) is 5.75 Å². The zero-order valence-electron chi connectivity index (χ0n) is 11.1. The first-order valence-corrected chi connectivity index (χ1v) is 6.56. The molecular formula is C15H19NO3. The number of para-hydroxylation sites is 1. The van der Waals surface area contributed by atoms with Gasteiger partial charge in [-0.05, 0) is 25.0 Å².